The average Bonchev–Trinajstić information content (AvgIpc) is 2.72. The van der Waals surface area contributed by atoms with E-state index in [2.05, 4.69) is 31.3 Å². The Kier molecular flexibility index (Phi) is 2.83. The van der Waals surface area contributed by atoms with E-state index in [9.17, 15) is 0 Å². The minimum Gasteiger partial charge on any atom is -0.357 e. The SMILES string of the molecule is Cn1cc(CNc2nc(Br)cs2)cn1. The first-order chi connectivity index (χ1) is 6.74. The van der Waals surface area contributed by atoms with Crippen molar-refractivity contribution in [3.05, 3.63) is 27.9 Å². The first kappa shape index (κ1) is 9.67. The number of halogens is 1. The monoisotopic (exact) mass is 272 g/mol. The molecular formula is C8H9BrN4S. The van der Waals surface area contributed by atoms with Crippen LogP contribution in [0.25, 0.3) is 0 Å². The zero-order chi connectivity index (χ0) is 9.97. The van der Waals surface area contributed by atoms with E-state index in [1.54, 1.807) is 16.0 Å². The van der Waals surface area contributed by atoms with Gasteiger partial charge in [-0.3, -0.25) is 4.68 Å². The zero-order valence-corrected chi connectivity index (χ0v) is 9.97. The largest absolute Gasteiger partial charge is 0.357 e. The second kappa shape index (κ2) is 4.10. The smallest absolute Gasteiger partial charge is 0.184 e. The number of hydrogen-bond donors (Lipinski definition) is 1. The second-order valence-electron chi connectivity index (χ2n) is 2.85. The lowest BCUT2D eigenvalue weighted by atomic mass is 10.4. The molecule has 0 saturated carbocycles. The molecule has 0 saturated heterocycles. The molecule has 0 atom stereocenters. The van der Waals surface area contributed by atoms with Crippen molar-refractivity contribution in [1.82, 2.24) is 14.8 Å². The lowest BCUT2D eigenvalue weighted by Crippen LogP contribution is -1.97. The Morgan fingerprint density at radius 3 is 3.07 bits per heavy atom. The summed E-state index contributed by atoms with van der Waals surface area (Å²) in [6.07, 6.45) is 3.82. The number of rotatable bonds is 3. The third-order valence-corrected chi connectivity index (χ3v) is 3.19. The van der Waals surface area contributed by atoms with Crippen LogP contribution in [0.2, 0.25) is 0 Å². The summed E-state index contributed by atoms with van der Waals surface area (Å²) in [5, 5.41) is 10.2. The molecule has 0 aromatic carbocycles. The van der Waals surface area contributed by atoms with Gasteiger partial charge in [-0.2, -0.15) is 5.10 Å². The molecule has 6 heteroatoms. The molecule has 0 radical (unpaired) electrons. The minimum absolute atomic E-state index is 0.758. The first-order valence-corrected chi connectivity index (χ1v) is 5.74. The van der Waals surface area contributed by atoms with Crippen molar-refractivity contribution in [2.75, 3.05) is 5.32 Å². The molecule has 0 amide bonds. The Labute approximate surface area is 94.1 Å². The third-order valence-electron chi connectivity index (χ3n) is 1.68. The summed E-state index contributed by atoms with van der Waals surface area (Å²) in [6.45, 7) is 0.758. The topological polar surface area (TPSA) is 42.7 Å². The predicted molar refractivity (Wildman–Crippen MR) is 60.3 cm³/mol. The molecule has 1 N–H and O–H groups in total. The summed E-state index contributed by atoms with van der Waals surface area (Å²) < 4.78 is 2.66. The summed E-state index contributed by atoms with van der Waals surface area (Å²) in [5.41, 5.74) is 1.15. The molecule has 74 valence electrons. The van der Waals surface area contributed by atoms with E-state index >= 15 is 0 Å². The maximum absolute atomic E-state index is 4.23. The van der Waals surface area contributed by atoms with Crippen molar-refractivity contribution in [3.8, 4) is 0 Å². The number of thiazole rings is 1. The number of nitrogens with one attached hydrogen (secondary N) is 1. The van der Waals surface area contributed by atoms with E-state index < -0.39 is 0 Å². The summed E-state index contributed by atoms with van der Waals surface area (Å²) in [6, 6.07) is 0. The van der Waals surface area contributed by atoms with Crippen LogP contribution in [0.3, 0.4) is 0 Å². The highest BCUT2D eigenvalue weighted by Crippen LogP contribution is 2.19. The minimum atomic E-state index is 0.758. The third kappa shape index (κ3) is 2.33. The van der Waals surface area contributed by atoms with Crippen LogP contribution in [0.4, 0.5) is 5.13 Å². The fourth-order valence-electron chi connectivity index (χ4n) is 1.08. The van der Waals surface area contributed by atoms with Gasteiger partial charge in [-0.05, 0) is 15.9 Å². The molecule has 2 aromatic heterocycles. The van der Waals surface area contributed by atoms with E-state index in [1.807, 2.05) is 24.8 Å². The van der Waals surface area contributed by atoms with Crippen molar-refractivity contribution in [1.29, 1.82) is 0 Å². The van der Waals surface area contributed by atoms with Crippen molar-refractivity contribution < 1.29 is 0 Å². The van der Waals surface area contributed by atoms with Gasteiger partial charge in [-0.25, -0.2) is 4.98 Å². The van der Waals surface area contributed by atoms with E-state index in [-0.39, 0.29) is 0 Å². The van der Waals surface area contributed by atoms with Gasteiger partial charge in [0.05, 0.1) is 6.20 Å². The van der Waals surface area contributed by atoms with Crippen molar-refractivity contribution >= 4 is 32.4 Å². The molecule has 0 fully saturated rings. The number of aromatic nitrogens is 3. The number of nitrogens with zero attached hydrogens (tertiary/aromatic N) is 3. The van der Waals surface area contributed by atoms with Crippen molar-refractivity contribution in [2.24, 2.45) is 7.05 Å². The summed E-state index contributed by atoms with van der Waals surface area (Å²) in [7, 11) is 1.91. The van der Waals surface area contributed by atoms with Crippen LogP contribution in [0.5, 0.6) is 0 Å². The number of anilines is 1. The fraction of sp³-hybridized carbons (Fsp3) is 0.250. The van der Waals surface area contributed by atoms with E-state index in [4.69, 9.17) is 0 Å². The van der Waals surface area contributed by atoms with E-state index in [1.165, 1.54) is 0 Å². The Balaban J connectivity index is 1.94. The number of hydrogen-bond acceptors (Lipinski definition) is 4. The average molecular weight is 273 g/mol. The molecule has 2 rings (SSSR count). The normalized spacial score (nSPS) is 10.4. The molecule has 2 aromatic rings. The quantitative estimate of drug-likeness (QED) is 0.932. The molecule has 0 unspecified atom stereocenters. The van der Waals surface area contributed by atoms with Crippen LogP contribution >= 0.6 is 27.3 Å². The maximum atomic E-state index is 4.23. The van der Waals surface area contributed by atoms with Crippen LogP contribution in [0, 0.1) is 0 Å². The standard InChI is InChI=1S/C8H9BrN4S/c1-13-4-6(3-11-13)2-10-8-12-7(9)5-14-8/h3-5H,2H2,1H3,(H,10,12). The molecule has 0 aliphatic carbocycles. The van der Waals surface area contributed by atoms with Crippen LogP contribution in [-0.4, -0.2) is 14.8 Å². The lowest BCUT2D eigenvalue weighted by Gasteiger charge is -1.97. The van der Waals surface area contributed by atoms with Gasteiger partial charge in [0.15, 0.2) is 5.13 Å². The Morgan fingerprint density at radius 2 is 2.50 bits per heavy atom. The van der Waals surface area contributed by atoms with Crippen LogP contribution in [0.15, 0.2) is 22.4 Å². The number of aryl methyl sites for hydroxylation is 1. The molecule has 14 heavy (non-hydrogen) atoms. The van der Waals surface area contributed by atoms with Gasteiger partial charge < -0.3 is 5.32 Å². The molecule has 0 spiro atoms. The van der Waals surface area contributed by atoms with Gasteiger partial charge in [0.1, 0.15) is 4.60 Å². The molecule has 0 bridgehead atoms. The van der Waals surface area contributed by atoms with Crippen molar-refractivity contribution in [2.45, 2.75) is 6.54 Å². The first-order valence-electron chi connectivity index (χ1n) is 4.06. The Bertz CT molecular complexity index is 382. The summed E-state index contributed by atoms with van der Waals surface area (Å²) in [5.74, 6) is 0. The van der Waals surface area contributed by atoms with Gasteiger partial charge >= 0.3 is 0 Å². The Hall–Kier alpha value is -0.880. The van der Waals surface area contributed by atoms with Crippen molar-refractivity contribution in [3.63, 3.8) is 0 Å². The van der Waals surface area contributed by atoms with Gasteiger partial charge in [0.2, 0.25) is 0 Å². The molecule has 0 aliphatic rings. The highest BCUT2D eigenvalue weighted by Gasteiger charge is 1.99. The second-order valence-corrected chi connectivity index (χ2v) is 4.52. The van der Waals surface area contributed by atoms with Gasteiger partial charge in [0, 0.05) is 30.7 Å². The predicted octanol–water partition coefficient (Wildman–Crippen LogP) is 2.25. The van der Waals surface area contributed by atoms with E-state index in [0.29, 0.717) is 0 Å². The lowest BCUT2D eigenvalue weighted by molar-refractivity contribution is 0.767. The molecule has 4 nitrogen and oxygen atoms in total. The van der Waals surface area contributed by atoms with Crippen LogP contribution in [0.1, 0.15) is 5.56 Å². The van der Waals surface area contributed by atoms with Crippen LogP contribution < -0.4 is 5.32 Å². The van der Waals surface area contributed by atoms with E-state index in [0.717, 1.165) is 21.8 Å². The maximum Gasteiger partial charge on any atom is 0.184 e. The molecule has 2 heterocycles. The highest BCUT2D eigenvalue weighted by molar-refractivity contribution is 9.10. The zero-order valence-electron chi connectivity index (χ0n) is 7.57. The van der Waals surface area contributed by atoms with Crippen LogP contribution in [-0.2, 0) is 13.6 Å². The fourth-order valence-corrected chi connectivity index (χ4v) is 2.22. The Morgan fingerprint density at radius 1 is 1.64 bits per heavy atom. The molecule has 0 aliphatic heterocycles. The van der Waals surface area contributed by atoms with Gasteiger partial charge in [-0.15, -0.1) is 11.3 Å². The highest BCUT2D eigenvalue weighted by atomic mass is 79.9. The molecular weight excluding hydrogens is 264 g/mol. The summed E-state index contributed by atoms with van der Waals surface area (Å²) >= 11 is 4.88. The van der Waals surface area contributed by atoms with Gasteiger partial charge in [0.25, 0.3) is 0 Å². The summed E-state index contributed by atoms with van der Waals surface area (Å²) in [4.78, 5) is 4.23. The van der Waals surface area contributed by atoms with Gasteiger partial charge in [-0.1, -0.05) is 0 Å².